The van der Waals surface area contributed by atoms with Crippen LogP contribution in [0.3, 0.4) is 0 Å². The van der Waals surface area contributed by atoms with Crippen LogP contribution in [0.1, 0.15) is 32.6 Å². The summed E-state index contributed by atoms with van der Waals surface area (Å²) >= 11 is 0. The molecule has 1 aliphatic rings. The zero-order valence-electron chi connectivity index (χ0n) is 9.48. The first-order chi connectivity index (χ1) is 7.26. The van der Waals surface area contributed by atoms with Gasteiger partial charge in [0.1, 0.15) is 0 Å². The van der Waals surface area contributed by atoms with Gasteiger partial charge >= 0.3 is 0 Å². The molecule has 0 amide bonds. The van der Waals surface area contributed by atoms with E-state index in [0.29, 0.717) is 18.7 Å². The Morgan fingerprint density at radius 2 is 2.33 bits per heavy atom. The zero-order valence-corrected chi connectivity index (χ0v) is 9.48. The van der Waals surface area contributed by atoms with Crippen molar-refractivity contribution >= 4 is 0 Å². The second kappa shape index (κ2) is 7.17. The van der Waals surface area contributed by atoms with Crippen LogP contribution in [0.15, 0.2) is 0 Å². The molecule has 1 saturated heterocycles. The van der Waals surface area contributed by atoms with E-state index in [1.165, 1.54) is 0 Å². The average molecular weight is 217 g/mol. The lowest BCUT2D eigenvalue weighted by atomic mass is 10.00. The molecule has 4 nitrogen and oxygen atoms in total. The van der Waals surface area contributed by atoms with E-state index in [0.717, 1.165) is 32.3 Å². The molecule has 0 bridgehead atoms. The minimum atomic E-state index is -0.641. The molecule has 4 heteroatoms. The van der Waals surface area contributed by atoms with Gasteiger partial charge in [-0.25, -0.2) is 0 Å². The van der Waals surface area contributed by atoms with E-state index in [1.54, 1.807) is 0 Å². The van der Waals surface area contributed by atoms with Gasteiger partial charge < -0.3 is 20.3 Å². The van der Waals surface area contributed by atoms with Gasteiger partial charge in [0.25, 0.3) is 0 Å². The van der Waals surface area contributed by atoms with Crippen molar-refractivity contribution in [1.29, 1.82) is 0 Å². The number of hydrogen-bond acceptors (Lipinski definition) is 4. The Labute approximate surface area is 91.6 Å². The molecule has 3 atom stereocenters. The molecular weight excluding hydrogens is 194 g/mol. The van der Waals surface area contributed by atoms with Gasteiger partial charge in [-0.05, 0) is 19.3 Å². The molecule has 3 N–H and O–H groups in total. The first-order valence-electron chi connectivity index (χ1n) is 5.90. The van der Waals surface area contributed by atoms with E-state index in [2.05, 4.69) is 12.2 Å². The summed E-state index contributed by atoms with van der Waals surface area (Å²) in [7, 11) is 0. The standard InChI is InChI=1S/C11H23NO3/c1-2-3-11-6-9(4-5-15-11)12-7-10(14)8-13/h9-14H,2-8H2,1H3. The largest absolute Gasteiger partial charge is 0.394 e. The molecule has 15 heavy (non-hydrogen) atoms. The number of aliphatic hydroxyl groups is 2. The van der Waals surface area contributed by atoms with Gasteiger partial charge in [-0.1, -0.05) is 13.3 Å². The Morgan fingerprint density at radius 1 is 1.53 bits per heavy atom. The third-order valence-electron chi connectivity index (χ3n) is 2.83. The normalized spacial score (nSPS) is 29.0. The SMILES string of the molecule is CCCC1CC(NCC(O)CO)CCO1. The van der Waals surface area contributed by atoms with Crippen LogP contribution in [0.2, 0.25) is 0 Å². The van der Waals surface area contributed by atoms with Crippen LogP contribution < -0.4 is 5.32 Å². The molecule has 0 aliphatic carbocycles. The summed E-state index contributed by atoms with van der Waals surface area (Å²) < 4.78 is 5.63. The first-order valence-corrected chi connectivity index (χ1v) is 5.90. The summed E-state index contributed by atoms with van der Waals surface area (Å²) in [6.07, 6.45) is 4.01. The summed E-state index contributed by atoms with van der Waals surface area (Å²) in [5.74, 6) is 0. The van der Waals surface area contributed by atoms with Crippen molar-refractivity contribution in [3.05, 3.63) is 0 Å². The molecule has 1 fully saturated rings. The number of hydrogen-bond donors (Lipinski definition) is 3. The molecule has 0 aromatic carbocycles. The summed E-state index contributed by atoms with van der Waals surface area (Å²) in [5, 5.41) is 21.2. The number of nitrogens with one attached hydrogen (secondary N) is 1. The quantitative estimate of drug-likeness (QED) is 0.598. The molecule has 1 heterocycles. The maximum absolute atomic E-state index is 9.21. The van der Waals surface area contributed by atoms with Gasteiger partial charge in [-0.15, -0.1) is 0 Å². The van der Waals surface area contributed by atoms with Gasteiger partial charge in [0.15, 0.2) is 0 Å². The second-order valence-corrected chi connectivity index (χ2v) is 4.25. The van der Waals surface area contributed by atoms with Crippen molar-refractivity contribution in [2.75, 3.05) is 19.8 Å². The average Bonchev–Trinajstić information content (AvgIpc) is 2.27. The molecule has 0 aromatic heterocycles. The van der Waals surface area contributed by atoms with Crippen LogP contribution >= 0.6 is 0 Å². The van der Waals surface area contributed by atoms with Gasteiger partial charge in [0, 0.05) is 19.2 Å². The lowest BCUT2D eigenvalue weighted by molar-refractivity contribution is -0.00625. The predicted octanol–water partition coefficient (Wildman–Crippen LogP) is 0.277. The fraction of sp³-hybridized carbons (Fsp3) is 1.00. The molecular formula is C11H23NO3. The van der Waals surface area contributed by atoms with E-state index >= 15 is 0 Å². The molecule has 0 saturated carbocycles. The number of aliphatic hydroxyl groups excluding tert-OH is 2. The molecule has 1 aliphatic heterocycles. The lowest BCUT2D eigenvalue weighted by Gasteiger charge is -2.30. The Morgan fingerprint density at radius 3 is 3.00 bits per heavy atom. The molecule has 90 valence electrons. The molecule has 0 radical (unpaired) electrons. The van der Waals surface area contributed by atoms with Gasteiger partial charge in [-0.2, -0.15) is 0 Å². The second-order valence-electron chi connectivity index (χ2n) is 4.25. The monoisotopic (exact) mass is 217 g/mol. The highest BCUT2D eigenvalue weighted by Gasteiger charge is 2.21. The van der Waals surface area contributed by atoms with Crippen LogP contribution in [0.25, 0.3) is 0 Å². The van der Waals surface area contributed by atoms with Gasteiger partial charge in [-0.3, -0.25) is 0 Å². The maximum Gasteiger partial charge on any atom is 0.0895 e. The number of ether oxygens (including phenoxy) is 1. The minimum absolute atomic E-state index is 0.172. The van der Waals surface area contributed by atoms with E-state index in [9.17, 15) is 5.11 Å². The maximum atomic E-state index is 9.21. The minimum Gasteiger partial charge on any atom is -0.394 e. The van der Waals surface area contributed by atoms with Crippen LogP contribution in [0, 0.1) is 0 Å². The predicted molar refractivity (Wildman–Crippen MR) is 58.8 cm³/mol. The fourth-order valence-electron chi connectivity index (χ4n) is 1.96. The summed E-state index contributed by atoms with van der Waals surface area (Å²) in [5.41, 5.74) is 0. The van der Waals surface area contributed by atoms with Crippen LogP contribution in [-0.2, 0) is 4.74 Å². The van der Waals surface area contributed by atoms with Gasteiger partial charge in [0.05, 0.1) is 18.8 Å². The van der Waals surface area contributed by atoms with Crippen molar-refractivity contribution in [3.8, 4) is 0 Å². The van der Waals surface area contributed by atoms with Crippen LogP contribution in [0.4, 0.5) is 0 Å². The topological polar surface area (TPSA) is 61.7 Å². The number of rotatable bonds is 6. The van der Waals surface area contributed by atoms with E-state index in [1.807, 2.05) is 0 Å². The van der Waals surface area contributed by atoms with Crippen molar-refractivity contribution in [1.82, 2.24) is 5.32 Å². The van der Waals surface area contributed by atoms with Crippen LogP contribution in [-0.4, -0.2) is 48.2 Å². The van der Waals surface area contributed by atoms with Crippen LogP contribution in [0.5, 0.6) is 0 Å². The third-order valence-corrected chi connectivity index (χ3v) is 2.83. The highest BCUT2D eigenvalue weighted by molar-refractivity contribution is 4.77. The zero-order chi connectivity index (χ0) is 11.1. The van der Waals surface area contributed by atoms with E-state index in [4.69, 9.17) is 9.84 Å². The first kappa shape index (κ1) is 12.9. The smallest absolute Gasteiger partial charge is 0.0895 e. The molecule has 0 spiro atoms. The Hall–Kier alpha value is -0.160. The van der Waals surface area contributed by atoms with Crippen molar-refractivity contribution in [2.45, 2.75) is 50.9 Å². The van der Waals surface area contributed by atoms with Crippen molar-refractivity contribution in [2.24, 2.45) is 0 Å². The highest BCUT2D eigenvalue weighted by atomic mass is 16.5. The van der Waals surface area contributed by atoms with Crippen molar-refractivity contribution in [3.63, 3.8) is 0 Å². The molecule has 1 rings (SSSR count). The van der Waals surface area contributed by atoms with E-state index in [-0.39, 0.29) is 6.61 Å². The Balaban J connectivity index is 2.18. The fourth-order valence-corrected chi connectivity index (χ4v) is 1.96. The Kier molecular flexibility index (Phi) is 6.17. The lowest BCUT2D eigenvalue weighted by Crippen LogP contribution is -2.42. The summed E-state index contributed by atoms with van der Waals surface area (Å²) in [4.78, 5) is 0. The summed E-state index contributed by atoms with van der Waals surface area (Å²) in [6, 6.07) is 0.427. The van der Waals surface area contributed by atoms with E-state index < -0.39 is 6.10 Å². The molecule has 3 unspecified atom stereocenters. The van der Waals surface area contributed by atoms with Crippen molar-refractivity contribution < 1.29 is 14.9 Å². The highest BCUT2D eigenvalue weighted by Crippen LogP contribution is 2.17. The molecule has 0 aromatic rings. The van der Waals surface area contributed by atoms with Gasteiger partial charge in [0.2, 0.25) is 0 Å². The third kappa shape index (κ3) is 4.93. The summed E-state index contributed by atoms with van der Waals surface area (Å²) in [6.45, 7) is 3.27. The Bertz CT molecular complexity index is 164.